The molecule has 2 aromatic carbocycles. The minimum absolute atomic E-state index is 0.00365. The predicted octanol–water partition coefficient (Wildman–Crippen LogP) is 3.21. The number of rotatable bonds is 6. The van der Waals surface area contributed by atoms with Crippen molar-refractivity contribution < 1.29 is 14.0 Å². The molecule has 0 aliphatic rings. The Morgan fingerprint density at radius 2 is 1.73 bits per heavy atom. The number of hydrogen-bond donors (Lipinski definition) is 2. The fourth-order valence-corrected chi connectivity index (χ4v) is 2.87. The number of aryl methyl sites for hydroxylation is 1. The molecule has 3 aromatic rings. The summed E-state index contributed by atoms with van der Waals surface area (Å²) in [7, 11) is 0. The second kappa shape index (κ2) is 9.13. The lowest BCUT2D eigenvalue weighted by molar-refractivity contribution is -0.117. The Labute approximate surface area is 172 Å². The van der Waals surface area contributed by atoms with Crippen molar-refractivity contribution in [3.8, 4) is 11.3 Å². The van der Waals surface area contributed by atoms with Crippen LogP contribution in [-0.4, -0.2) is 21.6 Å². The summed E-state index contributed by atoms with van der Waals surface area (Å²) in [6.45, 7) is 2.88. The van der Waals surface area contributed by atoms with E-state index in [1.165, 1.54) is 31.2 Å². The Hall–Kier alpha value is -3.81. The van der Waals surface area contributed by atoms with Crippen LogP contribution in [0.5, 0.6) is 0 Å². The fourth-order valence-electron chi connectivity index (χ4n) is 2.87. The number of anilines is 2. The van der Waals surface area contributed by atoms with E-state index in [9.17, 15) is 18.8 Å². The van der Waals surface area contributed by atoms with Crippen molar-refractivity contribution in [1.29, 1.82) is 0 Å². The molecule has 0 bridgehead atoms. The van der Waals surface area contributed by atoms with Gasteiger partial charge in [-0.05, 0) is 30.2 Å². The normalized spacial score (nSPS) is 10.5. The highest BCUT2D eigenvalue weighted by atomic mass is 19.1. The van der Waals surface area contributed by atoms with Gasteiger partial charge in [-0.15, -0.1) is 0 Å². The van der Waals surface area contributed by atoms with Gasteiger partial charge in [0.2, 0.25) is 11.8 Å². The van der Waals surface area contributed by atoms with Crippen LogP contribution < -0.4 is 16.2 Å². The minimum atomic E-state index is -0.636. The number of benzene rings is 2. The molecule has 30 heavy (non-hydrogen) atoms. The molecule has 154 valence electrons. The van der Waals surface area contributed by atoms with E-state index in [0.29, 0.717) is 5.69 Å². The molecular formula is C22H21FN4O3. The van der Waals surface area contributed by atoms with Gasteiger partial charge in [0, 0.05) is 12.5 Å². The SMILES string of the molecule is CCc1ccc(-c2cc(NC(C)=O)c(=O)n(CC(=O)Nc3ccccc3F)n2)cc1. The van der Waals surface area contributed by atoms with Gasteiger partial charge < -0.3 is 10.6 Å². The molecule has 0 unspecified atom stereocenters. The van der Waals surface area contributed by atoms with Gasteiger partial charge in [0.05, 0.1) is 11.4 Å². The third kappa shape index (κ3) is 4.96. The second-order valence-electron chi connectivity index (χ2n) is 6.67. The van der Waals surface area contributed by atoms with Crippen molar-refractivity contribution in [1.82, 2.24) is 9.78 Å². The summed E-state index contributed by atoms with van der Waals surface area (Å²) in [5.41, 5.74) is 1.65. The minimum Gasteiger partial charge on any atom is -0.322 e. The van der Waals surface area contributed by atoms with E-state index < -0.39 is 29.7 Å². The van der Waals surface area contributed by atoms with Crippen LogP contribution in [0.1, 0.15) is 19.4 Å². The molecule has 0 saturated heterocycles. The van der Waals surface area contributed by atoms with Crippen molar-refractivity contribution in [3.05, 3.63) is 76.3 Å². The zero-order valence-corrected chi connectivity index (χ0v) is 16.6. The average molecular weight is 408 g/mol. The summed E-state index contributed by atoms with van der Waals surface area (Å²) < 4.78 is 14.7. The van der Waals surface area contributed by atoms with Gasteiger partial charge in [-0.2, -0.15) is 5.10 Å². The lowest BCUT2D eigenvalue weighted by Gasteiger charge is -2.12. The third-order valence-corrected chi connectivity index (χ3v) is 4.38. The number of carbonyl (C=O) groups excluding carboxylic acids is 2. The lowest BCUT2D eigenvalue weighted by atomic mass is 10.1. The van der Waals surface area contributed by atoms with Crippen LogP contribution in [0.15, 0.2) is 59.4 Å². The van der Waals surface area contributed by atoms with Gasteiger partial charge in [0.1, 0.15) is 18.0 Å². The lowest BCUT2D eigenvalue weighted by Crippen LogP contribution is -2.32. The van der Waals surface area contributed by atoms with Crippen LogP contribution in [-0.2, 0) is 22.6 Å². The van der Waals surface area contributed by atoms with E-state index in [2.05, 4.69) is 15.7 Å². The summed E-state index contributed by atoms with van der Waals surface area (Å²) in [6.07, 6.45) is 0.876. The molecule has 0 spiro atoms. The van der Waals surface area contributed by atoms with Gasteiger partial charge in [-0.1, -0.05) is 43.3 Å². The molecule has 0 aliphatic carbocycles. The molecule has 1 aromatic heterocycles. The number of nitrogens with zero attached hydrogens (tertiary/aromatic N) is 2. The molecule has 2 amide bonds. The summed E-state index contributed by atoms with van der Waals surface area (Å²) in [5.74, 6) is -1.63. The Morgan fingerprint density at radius 3 is 2.37 bits per heavy atom. The number of amides is 2. The van der Waals surface area contributed by atoms with Crippen molar-refractivity contribution in [3.63, 3.8) is 0 Å². The van der Waals surface area contributed by atoms with Crippen molar-refractivity contribution in [2.24, 2.45) is 0 Å². The van der Waals surface area contributed by atoms with Crippen LogP contribution in [0.25, 0.3) is 11.3 Å². The zero-order valence-electron chi connectivity index (χ0n) is 16.6. The van der Waals surface area contributed by atoms with Gasteiger partial charge in [-0.25, -0.2) is 9.07 Å². The van der Waals surface area contributed by atoms with Crippen LogP contribution in [0.4, 0.5) is 15.8 Å². The van der Waals surface area contributed by atoms with E-state index >= 15 is 0 Å². The Morgan fingerprint density at radius 1 is 1.03 bits per heavy atom. The third-order valence-electron chi connectivity index (χ3n) is 4.38. The quantitative estimate of drug-likeness (QED) is 0.655. The van der Waals surface area contributed by atoms with Gasteiger partial charge in [-0.3, -0.25) is 14.4 Å². The Bertz CT molecular complexity index is 1140. The summed E-state index contributed by atoms with van der Waals surface area (Å²) in [6, 6.07) is 14.8. The predicted molar refractivity (Wildman–Crippen MR) is 113 cm³/mol. The summed E-state index contributed by atoms with van der Waals surface area (Å²) >= 11 is 0. The molecule has 0 radical (unpaired) electrons. The highest BCUT2D eigenvalue weighted by molar-refractivity contribution is 5.91. The second-order valence-corrected chi connectivity index (χ2v) is 6.67. The van der Waals surface area contributed by atoms with Crippen LogP contribution in [0, 0.1) is 5.82 Å². The monoisotopic (exact) mass is 408 g/mol. The van der Waals surface area contributed by atoms with E-state index in [-0.39, 0.29) is 11.4 Å². The number of para-hydroxylation sites is 1. The van der Waals surface area contributed by atoms with Crippen LogP contribution >= 0.6 is 0 Å². The number of nitrogens with one attached hydrogen (secondary N) is 2. The summed E-state index contributed by atoms with van der Waals surface area (Å²) in [5, 5.41) is 9.16. The van der Waals surface area contributed by atoms with Crippen molar-refractivity contribution in [2.45, 2.75) is 26.8 Å². The van der Waals surface area contributed by atoms with Gasteiger partial charge in [0.15, 0.2) is 0 Å². The van der Waals surface area contributed by atoms with Gasteiger partial charge >= 0.3 is 0 Å². The molecule has 7 nitrogen and oxygen atoms in total. The molecule has 1 heterocycles. The fraction of sp³-hybridized carbons (Fsp3) is 0.182. The standard InChI is InChI=1S/C22H21FN4O3/c1-3-15-8-10-16(11-9-15)19-12-20(24-14(2)28)22(30)27(26-19)13-21(29)25-18-7-5-4-6-17(18)23/h4-12H,3,13H2,1-2H3,(H,24,28)(H,25,29). The van der Waals surface area contributed by atoms with Crippen molar-refractivity contribution >= 4 is 23.2 Å². The molecule has 8 heteroatoms. The maximum Gasteiger partial charge on any atom is 0.291 e. The first kappa shape index (κ1) is 20.9. The van der Waals surface area contributed by atoms with E-state index in [1.807, 2.05) is 31.2 Å². The highest BCUT2D eigenvalue weighted by Crippen LogP contribution is 2.19. The zero-order chi connectivity index (χ0) is 21.7. The first-order valence-corrected chi connectivity index (χ1v) is 9.41. The number of carbonyl (C=O) groups is 2. The van der Waals surface area contributed by atoms with Crippen molar-refractivity contribution in [2.75, 3.05) is 10.6 Å². The molecule has 0 atom stereocenters. The molecule has 0 saturated carbocycles. The number of halogens is 1. The first-order valence-electron chi connectivity index (χ1n) is 9.41. The van der Waals surface area contributed by atoms with Gasteiger partial charge in [0.25, 0.3) is 5.56 Å². The first-order chi connectivity index (χ1) is 14.4. The largest absolute Gasteiger partial charge is 0.322 e. The molecule has 2 N–H and O–H groups in total. The topological polar surface area (TPSA) is 93.1 Å². The van der Waals surface area contributed by atoms with Crippen LogP contribution in [0.3, 0.4) is 0 Å². The molecule has 0 aliphatic heterocycles. The average Bonchev–Trinajstić information content (AvgIpc) is 2.72. The number of hydrogen-bond acceptors (Lipinski definition) is 4. The maximum atomic E-state index is 13.8. The smallest absolute Gasteiger partial charge is 0.291 e. The number of aromatic nitrogens is 2. The van der Waals surface area contributed by atoms with E-state index in [1.54, 1.807) is 6.07 Å². The maximum absolute atomic E-state index is 13.8. The Kier molecular flexibility index (Phi) is 6.36. The van der Waals surface area contributed by atoms with Crippen LogP contribution in [0.2, 0.25) is 0 Å². The molecular weight excluding hydrogens is 387 g/mol. The van der Waals surface area contributed by atoms with E-state index in [0.717, 1.165) is 22.2 Å². The van der Waals surface area contributed by atoms with E-state index in [4.69, 9.17) is 0 Å². The molecule has 0 fully saturated rings. The Balaban J connectivity index is 1.95. The summed E-state index contributed by atoms with van der Waals surface area (Å²) in [4.78, 5) is 36.6. The highest BCUT2D eigenvalue weighted by Gasteiger charge is 2.15. The molecule has 3 rings (SSSR count).